The van der Waals surface area contributed by atoms with Crippen molar-refractivity contribution >= 4 is 16.0 Å². The maximum Gasteiger partial charge on any atom is 0.303 e. The van der Waals surface area contributed by atoms with Crippen LogP contribution in [-0.2, 0) is 21.2 Å². The van der Waals surface area contributed by atoms with Gasteiger partial charge in [0.15, 0.2) is 0 Å². The number of aliphatic carboxylic acids is 1. The lowest BCUT2D eigenvalue weighted by atomic mass is 10.1. The zero-order valence-electron chi connectivity index (χ0n) is 11.7. The first-order chi connectivity index (χ1) is 9.93. The molecule has 1 unspecified atom stereocenters. The highest BCUT2D eigenvalue weighted by atomic mass is 32.2. The van der Waals surface area contributed by atoms with E-state index in [1.807, 2.05) is 0 Å². The average molecular weight is 312 g/mol. The van der Waals surface area contributed by atoms with Gasteiger partial charge in [-0.15, -0.1) is 0 Å². The summed E-state index contributed by atoms with van der Waals surface area (Å²) in [4.78, 5) is 10.8. The zero-order chi connectivity index (χ0) is 15.5. The van der Waals surface area contributed by atoms with Crippen LogP contribution in [0.3, 0.4) is 0 Å². The normalized spacial score (nSPS) is 19.8. The largest absolute Gasteiger partial charge is 0.481 e. The molecular formula is C14H20N2O4S. The molecule has 2 rings (SSSR count). The van der Waals surface area contributed by atoms with Crippen LogP contribution in [0.1, 0.15) is 18.4 Å². The average Bonchev–Trinajstić information content (AvgIpc) is 2.95. The van der Waals surface area contributed by atoms with Gasteiger partial charge in [0.25, 0.3) is 0 Å². The number of sulfonamides is 1. The van der Waals surface area contributed by atoms with Crippen LogP contribution in [0.15, 0.2) is 29.2 Å². The van der Waals surface area contributed by atoms with Gasteiger partial charge in [-0.3, -0.25) is 4.79 Å². The first-order valence-electron chi connectivity index (χ1n) is 6.94. The maximum absolute atomic E-state index is 12.5. The molecule has 1 aliphatic heterocycles. The van der Waals surface area contributed by atoms with Gasteiger partial charge in [0.2, 0.25) is 10.0 Å². The van der Waals surface area contributed by atoms with Gasteiger partial charge < -0.3 is 10.8 Å². The van der Waals surface area contributed by atoms with Crippen molar-refractivity contribution in [3.05, 3.63) is 29.8 Å². The number of carboxylic acids is 1. The monoisotopic (exact) mass is 312 g/mol. The number of aryl methyl sites for hydroxylation is 1. The molecular weight excluding hydrogens is 292 g/mol. The number of carbonyl (C=O) groups is 1. The minimum Gasteiger partial charge on any atom is -0.481 e. The number of carboxylic acid groups (broad SMARTS) is 1. The first-order valence-corrected chi connectivity index (χ1v) is 8.38. The molecule has 116 valence electrons. The molecule has 0 saturated carbocycles. The molecule has 0 amide bonds. The standard InChI is InChI=1S/C14H20N2O4S/c15-9-12-7-8-16(10-12)21(19,20)13-4-1-11(2-5-13)3-6-14(17)18/h1-2,4-5,12H,3,6-10,15H2,(H,17,18). The van der Waals surface area contributed by atoms with Gasteiger partial charge in [-0.2, -0.15) is 4.31 Å². The molecule has 7 heteroatoms. The number of rotatable bonds is 6. The van der Waals surface area contributed by atoms with Crippen molar-refractivity contribution in [3.63, 3.8) is 0 Å². The van der Waals surface area contributed by atoms with Crippen LogP contribution in [0.2, 0.25) is 0 Å². The molecule has 1 atom stereocenters. The van der Waals surface area contributed by atoms with Crippen molar-refractivity contribution in [2.45, 2.75) is 24.2 Å². The Balaban J connectivity index is 2.08. The Kier molecular flexibility index (Phi) is 4.97. The van der Waals surface area contributed by atoms with Gasteiger partial charge in [0, 0.05) is 19.5 Å². The van der Waals surface area contributed by atoms with Gasteiger partial charge in [0.05, 0.1) is 4.90 Å². The third-order valence-corrected chi connectivity index (χ3v) is 5.65. The maximum atomic E-state index is 12.5. The fourth-order valence-electron chi connectivity index (χ4n) is 2.44. The molecule has 1 heterocycles. The predicted octanol–water partition coefficient (Wildman–Crippen LogP) is 0.673. The number of nitrogens with zero attached hydrogens (tertiary/aromatic N) is 1. The molecule has 1 saturated heterocycles. The SMILES string of the molecule is NCC1CCN(S(=O)(=O)c2ccc(CCC(=O)O)cc2)C1. The van der Waals surface area contributed by atoms with E-state index in [2.05, 4.69) is 0 Å². The van der Waals surface area contributed by atoms with Crippen molar-refractivity contribution < 1.29 is 18.3 Å². The second kappa shape index (κ2) is 6.55. The molecule has 1 fully saturated rings. The van der Waals surface area contributed by atoms with Crippen LogP contribution in [0.5, 0.6) is 0 Å². The molecule has 21 heavy (non-hydrogen) atoms. The van der Waals surface area contributed by atoms with Gasteiger partial charge in [-0.05, 0) is 43.0 Å². The van der Waals surface area contributed by atoms with E-state index in [-0.39, 0.29) is 17.2 Å². The smallest absolute Gasteiger partial charge is 0.303 e. The van der Waals surface area contributed by atoms with E-state index < -0.39 is 16.0 Å². The van der Waals surface area contributed by atoms with Crippen LogP contribution in [0.4, 0.5) is 0 Å². The molecule has 0 aliphatic carbocycles. The van der Waals surface area contributed by atoms with E-state index in [4.69, 9.17) is 10.8 Å². The van der Waals surface area contributed by atoms with Crippen LogP contribution in [-0.4, -0.2) is 43.4 Å². The lowest BCUT2D eigenvalue weighted by Gasteiger charge is -2.16. The molecule has 0 bridgehead atoms. The minimum absolute atomic E-state index is 0.0381. The topological polar surface area (TPSA) is 101 Å². The zero-order valence-corrected chi connectivity index (χ0v) is 12.6. The number of nitrogens with two attached hydrogens (primary N) is 1. The Morgan fingerprint density at radius 1 is 1.33 bits per heavy atom. The third-order valence-electron chi connectivity index (χ3n) is 3.77. The molecule has 1 aliphatic rings. The molecule has 3 N–H and O–H groups in total. The highest BCUT2D eigenvalue weighted by Crippen LogP contribution is 2.24. The van der Waals surface area contributed by atoms with E-state index in [1.165, 1.54) is 4.31 Å². The van der Waals surface area contributed by atoms with Gasteiger partial charge in [0.1, 0.15) is 0 Å². The summed E-state index contributed by atoms with van der Waals surface area (Å²) >= 11 is 0. The molecule has 0 spiro atoms. The summed E-state index contributed by atoms with van der Waals surface area (Å²) in [5, 5.41) is 8.64. The molecule has 6 nitrogen and oxygen atoms in total. The Morgan fingerprint density at radius 3 is 2.52 bits per heavy atom. The van der Waals surface area contributed by atoms with Crippen molar-refractivity contribution in [1.29, 1.82) is 0 Å². The number of hydrogen-bond donors (Lipinski definition) is 2. The lowest BCUT2D eigenvalue weighted by molar-refractivity contribution is -0.136. The van der Waals surface area contributed by atoms with Crippen LogP contribution in [0.25, 0.3) is 0 Å². The van der Waals surface area contributed by atoms with Crippen molar-refractivity contribution in [2.24, 2.45) is 11.7 Å². The quantitative estimate of drug-likeness (QED) is 0.804. The minimum atomic E-state index is -3.47. The van der Waals surface area contributed by atoms with Crippen LogP contribution < -0.4 is 5.73 Å². The van der Waals surface area contributed by atoms with Crippen molar-refractivity contribution in [1.82, 2.24) is 4.31 Å². The fraction of sp³-hybridized carbons (Fsp3) is 0.500. The van der Waals surface area contributed by atoms with E-state index in [0.29, 0.717) is 26.1 Å². The van der Waals surface area contributed by atoms with Crippen molar-refractivity contribution in [2.75, 3.05) is 19.6 Å². The van der Waals surface area contributed by atoms with E-state index in [0.717, 1.165) is 12.0 Å². The molecule has 0 aromatic heterocycles. The number of hydrogen-bond acceptors (Lipinski definition) is 4. The van der Waals surface area contributed by atoms with E-state index in [9.17, 15) is 13.2 Å². The summed E-state index contributed by atoms with van der Waals surface area (Å²) in [6, 6.07) is 6.43. The Labute approximate surface area is 124 Å². The number of benzene rings is 1. The summed E-state index contributed by atoms with van der Waals surface area (Å²) in [5.74, 6) is -0.633. The molecule has 1 aromatic carbocycles. The predicted molar refractivity (Wildman–Crippen MR) is 78.3 cm³/mol. The Bertz CT molecular complexity index is 598. The summed E-state index contributed by atoms with van der Waals surface area (Å²) < 4.78 is 26.4. The summed E-state index contributed by atoms with van der Waals surface area (Å²) in [5.41, 5.74) is 6.40. The summed E-state index contributed by atoms with van der Waals surface area (Å²) in [7, 11) is -3.47. The highest BCUT2D eigenvalue weighted by molar-refractivity contribution is 7.89. The second-order valence-corrected chi connectivity index (χ2v) is 7.23. The van der Waals surface area contributed by atoms with E-state index >= 15 is 0 Å². The van der Waals surface area contributed by atoms with Gasteiger partial charge in [-0.25, -0.2) is 8.42 Å². The lowest BCUT2D eigenvalue weighted by Crippen LogP contribution is -2.30. The summed E-state index contributed by atoms with van der Waals surface area (Å²) in [6.45, 7) is 1.48. The Morgan fingerprint density at radius 2 is 2.00 bits per heavy atom. The van der Waals surface area contributed by atoms with Crippen LogP contribution >= 0.6 is 0 Å². The third kappa shape index (κ3) is 3.81. The second-order valence-electron chi connectivity index (χ2n) is 5.29. The summed E-state index contributed by atoms with van der Waals surface area (Å²) in [6.07, 6.45) is 1.23. The highest BCUT2D eigenvalue weighted by Gasteiger charge is 2.31. The van der Waals surface area contributed by atoms with Gasteiger partial charge >= 0.3 is 5.97 Å². The van der Waals surface area contributed by atoms with Crippen LogP contribution in [0, 0.1) is 5.92 Å². The van der Waals surface area contributed by atoms with Gasteiger partial charge in [-0.1, -0.05) is 12.1 Å². The fourth-order valence-corrected chi connectivity index (χ4v) is 3.97. The van der Waals surface area contributed by atoms with Crippen molar-refractivity contribution in [3.8, 4) is 0 Å². The molecule has 0 radical (unpaired) electrons. The molecule has 1 aromatic rings. The first kappa shape index (κ1) is 15.9. The van der Waals surface area contributed by atoms with E-state index in [1.54, 1.807) is 24.3 Å². The Hall–Kier alpha value is -1.44.